The van der Waals surface area contributed by atoms with E-state index in [1.54, 1.807) is 6.20 Å². The van der Waals surface area contributed by atoms with Crippen molar-refractivity contribution in [2.45, 2.75) is 12.8 Å². The fraction of sp³-hybridized carbons (Fsp3) is 0.0968. The summed E-state index contributed by atoms with van der Waals surface area (Å²) in [5, 5.41) is 10.1. The van der Waals surface area contributed by atoms with Crippen molar-refractivity contribution in [3.8, 4) is 22.3 Å². The van der Waals surface area contributed by atoms with E-state index in [1.807, 2.05) is 25.6 Å². The lowest BCUT2D eigenvalue weighted by atomic mass is 9.97. The second-order valence-corrected chi connectivity index (χ2v) is 8.95. The van der Waals surface area contributed by atoms with Crippen LogP contribution in [0.25, 0.3) is 27.8 Å². The first-order valence-electron chi connectivity index (χ1n) is 11.9. The lowest BCUT2D eigenvalue weighted by Gasteiger charge is -2.17. The van der Waals surface area contributed by atoms with Crippen LogP contribution < -0.4 is 16.0 Å². The molecule has 0 saturated heterocycles. The summed E-state index contributed by atoms with van der Waals surface area (Å²) in [5.74, 6) is 0. The number of hydrogen-bond acceptors (Lipinski definition) is 5. The van der Waals surface area contributed by atoms with Gasteiger partial charge < -0.3 is 16.0 Å². The van der Waals surface area contributed by atoms with E-state index in [0.29, 0.717) is 5.70 Å². The Bertz CT molecular complexity index is 1480. The van der Waals surface area contributed by atoms with Crippen molar-refractivity contribution in [3.63, 3.8) is 0 Å². The molecule has 36 heavy (non-hydrogen) atoms. The van der Waals surface area contributed by atoms with E-state index in [-0.39, 0.29) is 0 Å². The number of aryl methyl sites for hydroxylation is 1. The average Bonchev–Trinajstić information content (AvgIpc) is 2.91. The summed E-state index contributed by atoms with van der Waals surface area (Å²) in [7, 11) is 1.91. The first-order chi connectivity index (χ1) is 17.5. The number of hydrogen-bond donors (Lipinski definition) is 3. The van der Waals surface area contributed by atoms with Gasteiger partial charge in [-0.05, 0) is 59.4 Å². The third kappa shape index (κ3) is 4.91. The van der Waals surface area contributed by atoms with E-state index in [1.165, 1.54) is 5.56 Å². The van der Waals surface area contributed by atoms with Gasteiger partial charge in [0.1, 0.15) is 0 Å². The van der Waals surface area contributed by atoms with Crippen molar-refractivity contribution in [1.82, 2.24) is 9.97 Å². The molecule has 0 spiro atoms. The number of aromatic nitrogens is 2. The van der Waals surface area contributed by atoms with Crippen LogP contribution >= 0.6 is 0 Å². The zero-order valence-corrected chi connectivity index (χ0v) is 20.4. The molecule has 5 rings (SSSR count). The van der Waals surface area contributed by atoms with Gasteiger partial charge in [-0.3, -0.25) is 9.97 Å². The van der Waals surface area contributed by atoms with Gasteiger partial charge in [0.15, 0.2) is 0 Å². The lowest BCUT2D eigenvalue weighted by molar-refractivity contribution is 0.950. The molecule has 4 aromatic rings. The van der Waals surface area contributed by atoms with E-state index in [9.17, 15) is 0 Å². The summed E-state index contributed by atoms with van der Waals surface area (Å²) < 4.78 is 0. The Balaban J connectivity index is 1.60. The second-order valence-electron chi connectivity index (χ2n) is 8.95. The summed E-state index contributed by atoms with van der Waals surface area (Å²) in [5.41, 5.74) is 11.6. The second kappa shape index (κ2) is 9.92. The molecule has 0 unspecified atom stereocenters. The first kappa shape index (κ1) is 23.1. The zero-order valence-electron chi connectivity index (χ0n) is 20.4. The molecule has 0 aliphatic carbocycles. The fourth-order valence-corrected chi connectivity index (χ4v) is 4.40. The number of nitrogens with one attached hydrogen (secondary N) is 3. The predicted octanol–water partition coefficient (Wildman–Crippen LogP) is 7.36. The normalized spacial score (nSPS) is 13.5. The molecular weight excluding hydrogens is 442 g/mol. The minimum absolute atomic E-state index is 0.708. The van der Waals surface area contributed by atoms with Crippen LogP contribution in [-0.4, -0.2) is 17.0 Å². The number of fused-ring (bicyclic) bond motifs is 10. The number of pyridine rings is 2. The molecule has 5 nitrogen and oxygen atoms in total. The number of nitrogens with zero attached hydrogens (tertiary/aromatic N) is 2. The third-order valence-corrected chi connectivity index (χ3v) is 6.38. The minimum Gasteiger partial charge on any atom is -0.388 e. The number of anilines is 3. The van der Waals surface area contributed by atoms with Crippen LogP contribution in [0.3, 0.4) is 0 Å². The van der Waals surface area contributed by atoms with Gasteiger partial charge in [0.05, 0.1) is 23.8 Å². The highest BCUT2D eigenvalue weighted by Gasteiger charge is 2.13. The first-order valence-corrected chi connectivity index (χ1v) is 11.9. The summed E-state index contributed by atoms with van der Waals surface area (Å²) >= 11 is 0. The van der Waals surface area contributed by atoms with E-state index in [2.05, 4.69) is 100 Å². The Hall–Kier alpha value is -4.64. The highest BCUT2D eigenvalue weighted by molar-refractivity contribution is 5.89. The SMILES string of the molecule is C=C1CCc2cccc(c2)-c2cncc(c2)NC(=C)C(=C)c2cc(ccc2NC)-c2cncc(c2)N1. The molecule has 5 heteroatoms. The number of rotatable bonds is 1. The smallest absolute Gasteiger partial charge is 0.0576 e. The van der Waals surface area contributed by atoms with E-state index in [4.69, 9.17) is 0 Å². The fourth-order valence-electron chi connectivity index (χ4n) is 4.40. The Labute approximate surface area is 212 Å². The van der Waals surface area contributed by atoms with Crippen molar-refractivity contribution in [2.75, 3.05) is 23.0 Å². The van der Waals surface area contributed by atoms with Gasteiger partial charge in [0, 0.05) is 53.2 Å². The van der Waals surface area contributed by atoms with Crippen LogP contribution in [-0.2, 0) is 6.42 Å². The van der Waals surface area contributed by atoms with E-state index in [0.717, 1.165) is 69.0 Å². The summed E-state index contributed by atoms with van der Waals surface area (Å²) in [4.78, 5) is 8.94. The predicted molar refractivity (Wildman–Crippen MR) is 152 cm³/mol. The van der Waals surface area contributed by atoms with Crippen LogP contribution in [0, 0.1) is 0 Å². The maximum Gasteiger partial charge on any atom is 0.0576 e. The Morgan fingerprint density at radius 1 is 0.722 bits per heavy atom. The number of benzene rings is 2. The highest BCUT2D eigenvalue weighted by Crippen LogP contribution is 2.34. The highest BCUT2D eigenvalue weighted by atomic mass is 14.9. The van der Waals surface area contributed by atoms with Gasteiger partial charge in [-0.2, -0.15) is 0 Å². The molecule has 8 bridgehead atoms. The molecule has 2 aromatic heterocycles. The van der Waals surface area contributed by atoms with Gasteiger partial charge in [0.25, 0.3) is 0 Å². The van der Waals surface area contributed by atoms with Gasteiger partial charge in [-0.15, -0.1) is 0 Å². The zero-order chi connectivity index (χ0) is 25.1. The minimum atomic E-state index is 0.708. The third-order valence-electron chi connectivity index (χ3n) is 6.38. The van der Waals surface area contributed by atoms with Crippen LogP contribution in [0.5, 0.6) is 0 Å². The molecule has 178 valence electrons. The Morgan fingerprint density at radius 3 is 2.14 bits per heavy atom. The maximum atomic E-state index is 4.47. The molecule has 0 saturated carbocycles. The average molecular weight is 472 g/mol. The molecule has 1 aliphatic heterocycles. The monoisotopic (exact) mass is 471 g/mol. The van der Waals surface area contributed by atoms with Crippen molar-refractivity contribution in [2.24, 2.45) is 0 Å². The molecule has 3 N–H and O–H groups in total. The quantitative estimate of drug-likeness (QED) is 0.271. The molecular formula is C31H29N5. The van der Waals surface area contributed by atoms with Crippen molar-refractivity contribution in [3.05, 3.63) is 122 Å². The van der Waals surface area contributed by atoms with Crippen LogP contribution in [0.15, 0.2) is 111 Å². The summed E-state index contributed by atoms with van der Waals surface area (Å²) in [6, 6.07) is 19.0. The van der Waals surface area contributed by atoms with Gasteiger partial charge in [0.2, 0.25) is 0 Å². The molecule has 0 amide bonds. The summed E-state index contributed by atoms with van der Waals surface area (Å²) in [6.45, 7) is 12.9. The van der Waals surface area contributed by atoms with Gasteiger partial charge >= 0.3 is 0 Å². The van der Waals surface area contributed by atoms with Crippen LogP contribution in [0.2, 0.25) is 0 Å². The maximum absolute atomic E-state index is 4.47. The molecule has 0 radical (unpaired) electrons. The Kier molecular flexibility index (Phi) is 6.37. The largest absolute Gasteiger partial charge is 0.388 e. The van der Waals surface area contributed by atoms with Crippen molar-refractivity contribution in [1.29, 1.82) is 0 Å². The lowest BCUT2D eigenvalue weighted by Crippen LogP contribution is -2.03. The molecule has 1 aliphatic rings. The molecule has 0 atom stereocenters. The standard InChI is InChI=1S/C31H29N5/c1-20-8-9-23-6-5-7-24(12-23)26-14-29(19-34-16-26)36-22(3)21(2)30-15-25(10-11-31(30)32-4)27-13-28(35-20)18-33-17-27/h5-7,10-19,32,35-36H,1-3,8-9H2,4H3. The van der Waals surface area contributed by atoms with Gasteiger partial charge in [-0.25, -0.2) is 0 Å². The molecule has 0 fully saturated rings. The summed E-state index contributed by atoms with van der Waals surface area (Å²) in [6.07, 6.45) is 9.07. The Morgan fingerprint density at radius 2 is 1.42 bits per heavy atom. The topological polar surface area (TPSA) is 61.9 Å². The van der Waals surface area contributed by atoms with Gasteiger partial charge in [-0.1, -0.05) is 50.1 Å². The van der Waals surface area contributed by atoms with Crippen LogP contribution in [0.1, 0.15) is 17.5 Å². The molecule has 2 aromatic carbocycles. The van der Waals surface area contributed by atoms with Crippen molar-refractivity contribution < 1.29 is 0 Å². The van der Waals surface area contributed by atoms with E-state index >= 15 is 0 Å². The van der Waals surface area contributed by atoms with Crippen LogP contribution in [0.4, 0.5) is 17.1 Å². The number of allylic oxidation sites excluding steroid dienone is 2. The van der Waals surface area contributed by atoms with Crippen molar-refractivity contribution >= 4 is 22.6 Å². The molecule has 3 heterocycles. The van der Waals surface area contributed by atoms with E-state index < -0.39 is 0 Å².